The number of hydrogen-bond donors (Lipinski definition) is 1. The summed E-state index contributed by atoms with van der Waals surface area (Å²) in [6.45, 7) is 1.61. The highest BCUT2D eigenvalue weighted by Gasteiger charge is 2.52. The number of ether oxygens (including phenoxy) is 1. The van der Waals surface area contributed by atoms with Crippen LogP contribution in [0.3, 0.4) is 0 Å². The van der Waals surface area contributed by atoms with E-state index in [0.717, 1.165) is 41.6 Å². The third-order valence-corrected chi connectivity index (χ3v) is 5.08. The van der Waals surface area contributed by atoms with Gasteiger partial charge in [0, 0.05) is 4.47 Å². The Labute approximate surface area is 117 Å². The number of nitrogens with two attached hydrogens (primary N) is 1. The first-order valence-corrected chi connectivity index (χ1v) is 7.58. The van der Waals surface area contributed by atoms with Gasteiger partial charge in [0.15, 0.2) is 0 Å². The van der Waals surface area contributed by atoms with Crippen LogP contribution in [-0.4, -0.2) is 13.2 Å². The summed E-state index contributed by atoms with van der Waals surface area (Å²) in [6.07, 6.45) is 5.21. The maximum atomic E-state index is 5.99. The predicted molar refractivity (Wildman–Crippen MR) is 76.6 cm³/mol. The van der Waals surface area contributed by atoms with Crippen LogP contribution >= 0.6 is 15.9 Å². The molecular weight excluding hydrogens is 290 g/mol. The molecule has 3 rings (SSSR count). The Balaban J connectivity index is 1.52. The lowest BCUT2D eigenvalue weighted by Crippen LogP contribution is -2.30. The minimum Gasteiger partial charge on any atom is -0.494 e. The third kappa shape index (κ3) is 2.57. The molecule has 2 aliphatic rings. The average Bonchev–Trinajstić information content (AvgIpc) is 2.98. The van der Waals surface area contributed by atoms with Crippen molar-refractivity contribution in [2.24, 2.45) is 23.0 Å². The Kier molecular flexibility index (Phi) is 3.37. The fraction of sp³-hybridized carbons (Fsp3) is 0.600. The van der Waals surface area contributed by atoms with Crippen LogP contribution in [0.5, 0.6) is 5.75 Å². The molecule has 2 nitrogen and oxygen atoms in total. The van der Waals surface area contributed by atoms with Crippen LogP contribution in [0.1, 0.15) is 25.7 Å². The van der Waals surface area contributed by atoms with Crippen LogP contribution in [0.2, 0.25) is 0 Å². The summed E-state index contributed by atoms with van der Waals surface area (Å²) < 4.78 is 6.91. The lowest BCUT2D eigenvalue weighted by molar-refractivity contribution is 0.189. The van der Waals surface area contributed by atoms with Crippen molar-refractivity contribution in [1.82, 2.24) is 0 Å². The molecule has 2 N–H and O–H groups in total. The van der Waals surface area contributed by atoms with E-state index in [1.807, 2.05) is 24.3 Å². The summed E-state index contributed by atoms with van der Waals surface area (Å²) >= 11 is 3.46. The largest absolute Gasteiger partial charge is 0.494 e. The molecule has 0 bridgehead atoms. The zero-order chi connectivity index (χ0) is 12.6. The van der Waals surface area contributed by atoms with Crippen molar-refractivity contribution in [3.05, 3.63) is 28.7 Å². The molecule has 0 amide bonds. The van der Waals surface area contributed by atoms with E-state index in [4.69, 9.17) is 10.5 Å². The summed E-state index contributed by atoms with van der Waals surface area (Å²) in [6, 6.07) is 8.04. The van der Waals surface area contributed by atoms with Gasteiger partial charge in [0.2, 0.25) is 0 Å². The van der Waals surface area contributed by atoms with Gasteiger partial charge in [-0.2, -0.15) is 0 Å². The van der Waals surface area contributed by atoms with E-state index in [-0.39, 0.29) is 0 Å². The van der Waals surface area contributed by atoms with Crippen LogP contribution < -0.4 is 10.5 Å². The average molecular weight is 310 g/mol. The first kappa shape index (κ1) is 12.5. The van der Waals surface area contributed by atoms with Crippen LogP contribution in [0.15, 0.2) is 28.7 Å². The van der Waals surface area contributed by atoms with Crippen molar-refractivity contribution in [3.8, 4) is 5.75 Å². The Hall–Kier alpha value is -0.540. The molecule has 0 spiro atoms. The molecule has 2 aliphatic carbocycles. The standard InChI is InChI=1S/C15H20BrNO/c16-13-2-1-3-14(7-13)18-5-4-15(10-17)8-11-6-12(11)9-15/h1-3,7,11-12H,4-6,8-10,17H2. The van der Waals surface area contributed by atoms with Gasteiger partial charge in [0.1, 0.15) is 5.75 Å². The van der Waals surface area contributed by atoms with Gasteiger partial charge in [-0.05, 0) is 67.7 Å². The highest BCUT2D eigenvalue weighted by Crippen LogP contribution is 2.60. The molecule has 18 heavy (non-hydrogen) atoms. The summed E-state index contributed by atoms with van der Waals surface area (Å²) in [5, 5.41) is 0. The molecule has 3 heteroatoms. The third-order valence-electron chi connectivity index (χ3n) is 4.59. The van der Waals surface area contributed by atoms with Crippen molar-refractivity contribution in [2.75, 3.05) is 13.2 Å². The number of halogens is 1. The maximum absolute atomic E-state index is 5.99. The zero-order valence-electron chi connectivity index (χ0n) is 10.6. The Morgan fingerprint density at radius 2 is 2.11 bits per heavy atom. The van der Waals surface area contributed by atoms with Gasteiger partial charge < -0.3 is 10.5 Å². The van der Waals surface area contributed by atoms with E-state index < -0.39 is 0 Å². The molecule has 2 unspecified atom stereocenters. The second kappa shape index (κ2) is 4.86. The maximum Gasteiger partial charge on any atom is 0.120 e. The normalized spacial score (nSPS) is 33.2. The number of benzene rings is 1. The Bertz CT molecular complexity index is 424. The number of hydrogen-bond acceptors (Lipinski definition) is 2. The summed E-state index contributed by atoms with van der Waals surface area (Å²) in [5.74, 6) is 2.92. The van der Waals surface area contributed by atoms with Crippen LogP contribution in [0.4, 0.5) is 0 Å². The number of fused-ring (bicyclic) bond motifs is 1. The highest BCUT2D eigenvalue weighted by molar-refractivity contribution is 9.10. The Morgan fingerprint density at radius 3 is 2.78 bits per heavy atom. The fourth-order valence-corrected chi connectivity index (χ4v) is 3.80. The first-order chi connectivity index (χ1) is 8.71. The molecule has 2 saturated carbocycles. The minimum atomic E-state index is 0.375. The van der Waals surface area contributed by atoms with Gasteiger partial charge in [-0.1, -0.05) is 22.0 Å². The van der Waals surface area contributed by atoms with E-state index in [9.17, 15) is 0 Å². The van der Waals surface area contributed by atoms with Gasteiger partial charge in [-0.15, -0.1) is 0 Å². The lowest BCUT2D eigenvalue weighted by Gasteiger charge is -2.29. The minimum absolute atomic E-state index is 0.375. The molecular formula is C15H20BrNO. The highest BCUT2D eigenvalue weighted by atomic mass is 79.9. The Morgan fingerprint density at radius 1 is 1.33 bits per heavy atom. The zero-order valence-corrected chi connectivity index (χ0v) is 12.2. The van der Waals surface area contributed by atoms with Crippen LogP contribution in [0, 0.1) is 17.3 Å². The molecule has 0 aromatic heterocycles. The molecule has 1 aromatic carbocycles. The van der Waals surface area contributed by atoms with Crippen molar-refractivity contribution in [1.29, 1.82) is 0 Å². The quantitative estimate of drug-likeness (QED) is 0.902. The smallest absolute Gasteiger partial charge is 0.120 e. The van der Waals surface area contributed by atoms with Crippen molar-refractivity contribution >= 4 is 15.9 Å². The summed E-state index contributed by atoms with van der Waals surface area (Å²) in [5.41, 5.74) is 6.37. The SMILES string of the molecule is NCC1(CCOc2cccc(Br)c2)CC2CC2C1. The fourth-order valence-electron chi connectivity index (χ4n) is 3.42. The summed E-state index contributed by atoms with van der Waals surface area (Å²) in [4.78, 5) is 0. The molecule has 0 radical (unpaired) electrons. The van der Waals surface area contributed by atoms with Gasteiger partial charge in [0.25, 0.3) is 0 Å². The molecule has 2 fully saturated rings. The summed E-state index contributed by atoms with van der Waals surface area (Å²) in [7, 11) is 0. The molecule has 0 saturated heterocycles. The van der Waals surface area contributed by atoms with Gasteiger partial charge in [0.05, 0.1) is 6.61 Å². The molecule has 1 aromatic rings. The van der Waals surface area contributed by atoms with E-state index in [0.29, 0.717) is 5.41 Å². The topological polar surface area (TPSA) is 35.2 Å². The number of rotatable bonds is 5. The molecule has 0 heterocycles. The second-order valence-electron chi connectivity index (χ2n) is 5.92. The van der Waals surface area contributed by atoms with Crippen LogP contribution in [0.25, 0.3) is 0 Å². The van der Waals surface area contributed by atoms with E-state index in [1.165, 1.54) is 19.3 Å². The second-order valence-corrected chi connectivity index (χ2v) is 6.84. The van der Waals surface area contributed by atoms with Gasteiger partial charge >= 0.3 is 0 Å². The van der Waals surface area contributed by atoms with Crippen molar-refractivity contribution in [3.63, 3.8) is 0 Å². The molecule has 2 atom stereocenters. The van der Waals surface area contributed by atoms with Gasteiger partial charge in [-0.3, -0.25) is 0 Å². The first-order valence-electron chi connectivity index (χ1n) is 6.79. The van der Waals surface area contributed by atoms with Gasteiger partial charge in [-0.25, -0.2) is 0 Å². The van der Waals surface area contributed by atoms with E-state index >= 15 is 0 Å². The van der Waals surface area contributed by atoms with Crippen molar-refractivity contribution in [2.45, 2.75) is 25.7 Å². The van der Waals surface area contributed by atoms with Crippen LogP contribution in [-0.2, 0) is 0 Å². The molecule has 98 valence electrons. The van der Waals surface area contributed by atoms with E-state index in [2.05, 4.69) is 15.9 Å². The monoisotopic (exact) mass is 309 g/mol. The molecule has 0 aliphatic heterocycles. The lowest BCUT2D eigenvalue weighted by atomic mass is 9.80. The van der Waals surface area contributed by atoms with Crippen molar-refractivity contribution < 1.29 is 4.74 Å². The van der Waals surface area contributed by atoms with E-state index in [1.54, 1.807) is 0 Å². The predicted octanol–water partition coefficient (Wildman–Crippen LogP) is 3.59.